The molecular weight excluding hydrogens is 262 g/mol. The van der Waals surface area contributed by atoms with Gasteiger partial charge in [-0.1, -0.05) is 13.8 Å². The van der Waals surface area contributed by atoms with Crippen LogP contribution in [0, 0.1) is 0 Å². The first-order valence-corrected chi connectivity index (χ1v) is 7.49. The van der Waals surface area contributed by atoms with Crippen molar-refractivity contribution >= 4 is 17.7 Å². The lowest BCUT2D eigenvalue weighted by atomic mass is 10.2. The van der Waals surface area contributed by atoms with E-state index in [1.165, 1.54) is 7.11 Å². The van der Waals surface area contributed by atoms with Crippen LogP contribution in [0.25, 0.3) is 0 Å². The summed E-state index contributed by atoms with van der Waals surface area (Å²) >= 11 is 1.81. The van der Waals surface area contributed by atoms with Gasteiger partial charge in [-0.05, 0) is 6.42 Å². The monoisotopic (exact) mass is 281 g/mol. The molecule has 2 rings (SSSR count). The summed E-state index contributed by atoms with van der Waals surface area (Å²) in [6.45, 7) is 5.67. The molecule has 5 nitrogen and oxygen atoms in total. The van der Waals surface area contributed by atoms with Crippen LogP contribution in [0.15, 0.2) is 0 Å². The van der Waals surface area contributed by atoms with Crippen molar-refractivity contribution in [1.82, 2.24) is 15.3 Å². The summed E-state index contributed by atoms with van der Waals surface area (Å²) in [5.41, 5.74) is 2.22. The summed E-state index contributed by atoms with van der Waals surface area (Å²) in [5.74, 6) is 1.07. The summed E-state index contributed by atoms with van der Waals surface area (Å²) in [6, 6.07) is 0. The molecule has 0 saturated carbocycles. The third kappa shape index (κ3) is 3.25. The van der Waals surface area contributed by atoms with Crippen LogP contribution in [0.1, 0.15) is 47.8 Å². The van der Waals surface area contributed by atoms with Crippen molar-refractivity contribution in [3.8, 4) is 0 Å². The van der Waals surface area contributed by atoms with E-state index in [4.69, 9.17) is 4.74 Å². The second kappa shape index (κ2) is 6.34. The second-order valence-corrected chi connectivity index (χ2v) is 5.97. The largest absolute Gasteiger partial charge is 0.464 e. The predicted molar refractivity (Wildman–Crippen MR) is 75.0 cm³/mol. The minimum atomic E-state index is -0.378. The number of fused-ring (bicyclic) bond motifs is 1. The summed E-state index contributed by atoms with van der Waals surface area (Å²) in [4.78, 5) is 20.7. The average Bonchev–Trinajstić information content (AvgIpc) is 2.91. The Morgan fingerprint density at radius 1 is 1.47 bits per heavy atom. The van der Waals surface area contributed by atoms with E-state index in [2.05, 4.69) is 29.1 Å². The van der Waals surface area contributed by atoms with Crippen molar-refractivity contribution in [3.63, 3.8) is 0 Å². The minimum Gasteiger partial charge on any atom is -0.464 e. The van der Waals surface area contributed by atoms with Gasteiger partial charge in [0.25, 0.3) is 0 Å². The molecule has 0 aromatic carbocycles. The summed E-state index contributed by atoms with van der Waals surface area (Å²) in [6.07, 6.45) is 1.11. The maximum absolute atomic E-state index is 11.8. The molecule has 1 aromatic rings. The van der Waals surface area contributed by atoms with Gasteiger partial charge in [0.1, 0.15) is 5.82 Å². The number of carbonyl (C=O) groups is 1. The van der Waals surface area contributed by atoms with Gasteiger partial charge < -0.3 is 10.1 Å². The first kappa shape index (κ1) is 14.3. The number of aromatic nitrogens is 2. The van der Waals surface area contributed by atoms with Gasteiger partial charge in [-0.2, -0.15) is 11.8 Å². The van der Waals surface area contributed by atoms with Gasteiger partial charge in [0.2, 0.25) is 0 Å². The summed E-state index contributed by atoms with van der Waals surface area (Å²) in [7, 11) is 1.38. The van der Waals surface area contributed by atoms with Crippen LogP contribution in [-0.2, 0) is 23.6 Å². The van der Waals surface area contributed by atoms with E-state index in [9.17, 15) is 4.79 Å². The van der Waals surface area contributed by atoms with E-state index >= 15 is 0 Å². The number of ether oxygens (including phenoxy) is 1. The number of rotatable bonds is 5. The molecule has 6 heteroatoms. The Balaban J connectivity index is 2.23. The Labute approximate surface area is 117 Å². The van der Waals surface area contributed by atoms with Crippen molar-refractivity contribution in [2.24, 2.45) is 0 Å². The standard InChI is InChI=1S/C13H19N3O2S/c1-4-8(2)19-7-11-15-10-6-14-5-9(10)12(16-11)13(17)18-3/h8,14H,4-7H2,1-3H3. The highest BCUT2D eigenvalue weighted by Gasteiger charge is 2.23. The SMILES string of the molecule is CCC(C)SCc1nc2c(c(C(=O)OC)n1)CNC2. The number of nitrogens with zero attached hydrogens (tertiary/aromatic N) is 2. The number of methoxy groups -OCH3 is 1. The maximum atomic E-state index is 11.8. The van der Waals surface area contributed by atoms with E-state index in [1.807, 2.05) is 0 Å². The van der Waals surface area contributed by atoms with Crippen molar-refractivity contribution in [1.29, 1.82) is 0 Å². The normalized spacial score (nSPS) is 15.1. The highest BCUT2D eigenvalue weighted by Crippen LogP contribution is 2.22. The number of thioether (sulfide) groups is 1. The van der Waals surface area contributed by atoms with E-state index in [1.54, 1.807) is 11.8 Å². The summed E-state index contributed by atoms with van der Waals surface area (Å²) in [5, 5.41) is 3.76. The molecule has 0 amide bonds. The zero-order valence-electron chi connectivity index (χ0n) is 11.5. The molecule has 1 N–H and O–H groups in total. The highest BCUT2D eigenvalue weighted by atomic mass is 32.2. The molecule has 0 aliphatic carbocycles. The number of nitrogens with one attached hydrogen (secondary N) is 1. The Kier molecular flexibility index (Phi) is 4.76. The molecule has 0 spiro atoms. The molecular formula is C13H19N3O2S. The van der Waals surface area contributed by atoms with Crippen LogP contribution >= 0.6 is 11.8 Å². The number of hydrogen-bond acceptors (Lipinski definition) is 6. The van der Waals surface area contributed by atoms with Gasteiger partial charge in [-0.15, -0.1) is 0 Å². The lowest BCUT2D eigenvalue weighted by molar-refractivity contribution is 0.0592. The Morgan fingerprint density at radius 2 is 2.26 bits per heavy atom. The van der Waals surface area contributed by atoms with Crippen LogP contribution < -0.4 is 5.32 Å². The van der Waals surface area contributed by atoms with Gasteiger partial charge in [-0.3, -0.25) is 0 Å². The Bertz CT molecular complexity index is 479. The smallest absolute Gasteiger partial charge is 0.357 e. The fourth-order valence-corrected chi connectivity index (χ4v) is 2.68. The van der Waals surface area contributed by atoms with Gasteiger partial charge >= 0.3 is 5.97 Å². The van der Waals surface area contributed by atoms with E-state index < -0.39 is 0 Å². The zero-order chi connectivity index (χ0) is 13.8. The molecule has 1 aliphatic heterocycles. The maximum Gasteiger partial charge on any atom is 0.357 e. The molecule has 1 aliphatic rings. The number of esters is 1. The lowest BCUT2D eigenvalue weighted by Gasteiger charge is -2.10. The van der Waals surface area contributed by atoms with Crippen molar-refractivity contribution < 1.29 is 9.53 Å². The van der Waals surface area contributed by atoms with Gasteiger partial charge in [0.05, 0.1) is 18.6 Å². The molecule has 1 aromatic heterocycles. The fraction of sp³-hybridized carbons (Fsp3) is 0.615. The first-order chi connectivity index (χ1) is 9.15. The molecule has 0 saturated heterocycles. The van der Waals surface area contributed by atoms with E-state index in [-0.39, 0.29) is 5.97 Å². The third-order valence-corrected chi connectivity index (χ3v) is 4.51. The second-order valence-electron chi connectivity index (χ2n) is 4.54. The molecule has 0 fully saturated rings. The Morgan fingerprint density at radius 3 is 2.95 bits per heavy atom. The highest BCUT2D eigenvalue weighted by molar-refractivity contribution is 7.99. The van der Waals surface area contributed by atoms with Crippen LogP contribution in [0.5, 0.6) is 0 Å². The predicted octanol–water partition coefficient (Wildman–Crippen LogP) is 1.90. The number of hydrogen-bond donors (Lipinski definition) is 1. The molecule has 1 unspecified atom stereocenters. The Hall–Kier alpha value is -1.14. The van der Waals surface area contributed by atoms with Crippen LogP contribution in [0.4, 0.5) is 0 Å². The van der Waals surface area contributed by atoms with E-state index in [0.29, 0.717) is 29.9 Å². The third-order valence-electron chi connectivity index (χ3n) is 3.18. The van der Waals surface area contributed by atoms with Gasteiger partial charge in [0.15, 0.2) is 5.69 Å². The fourth-order valence-electron chi connectivity index (χ4n) is 1.88. The number of carbonyl (C=O) groups excluding carboxylic acids is 1. The van der Waals surface area contributed by atoms with Crippen LogP contribution in [0.3, 0.4) is 0 Å². The molecule has 2 heterocycles. The van der Waals surface area contributed by atoms with Gasteiger partial charge in [0, 0.05) is 23.9 Å². The first-order valence-electron chi connectivity index (χ1n) is 6.45. The quantitative estimate of drug-likeness (QED) is 0.832. The van der Waals surface area contributed by atoms with Crippen molar-refractivity contribution in [2.45, 2.75) is 44.4 Å². The molecule has 1 atom stereocenters. The minimum absolute atomic E-state index is 0.378. The summed E-state index contributed by atoms with van der Waals surface area (Å²) < 4.78 is 4.80. The lowest BCUT2D eigenvalue weighted by Crippen LogP contribution is -2.13. The topological polar surface area (TPSA) is 64.1 Å². The van der Waals surface area contributed by atoms with Gasteiger partial charge in [-0.25, -0.2) is 14.8 Å². The van der Waals surface area contributed by atoms with E-state index in [0.717, 1.165) is 23.4 Å². The average molecular weight is 281 g/mol. The molecule has 104 valence electrons. The molecule has 19 heavy (non-hydrogen) atoms. The zero-order valence-corrected chi connectivity index (χ0v) is 12.3. The van der Waals surface area contributed by atoms with Crippen molar-refractivity contribution in [2.75, 3.05) is 7.11 Å². The van der Waals surface area contributed by atoms with Crippen LogP contribution in [-0.4, -0.2) is 28.3 Å². The van der Waals surface area contributed by atoms with Crippen molar-refractivity contribution in [3.05, 3.63) is 22.8 Å². The van der Waals surface area contributed by atoms with Crippen LogP contribution in [0.2, 0.25) is 0 Å². The molecule has 0 radical (unpaired) electrons. The molecule has 0 bridgehead atoms.